The summed E-state index contributed by atoms with van der Waals surface area (Å²) < 4.78 is 0. The number of ketones is 2. The second kappa shape index (κ2) is 20.6. The van der Waals surface area contributed by atoms with Crippen molar-refractivity contribution in [2.75, 3.05) is 0 Å². The Bertz CT molecular complexity index is 290. The first-order valence-corrected chi connectivity index (χ1v) is 11.7. The number of carbonyl (C=O) groups is 2. The third kappa shape index (κ3) is 19.7. The van der Waals surface area contributed by atoms with Crippen molar-refractivity contribution in [3.05, 3.63) is 0 Å². The maximum Gasteiger partial charge on any atom is 0.133 e. The molecule has 0 N–H and O–H groups in total. The van der Waals surface area contributed by atoms with Crippen molar-refractivity contribution in [3.8, 4) is 0 Å². The van der Waals surface area contributed by atoms with Gasteiger partial charge in [-0.25, -0.2) is 0 Å². The molecule has 0 saturated heterocycles. The summed E-state index contributed by atoms with van der Waals surface area (Å²) in [4.78, 5) is 23.7. The van der Waals surface area contributed by atoms with Gasteiger partial charge in [0.1, 0.15) is 11.6 Å². The van der Waals surface area contributed by atoms with E-state index in [9.17, 15) is 9.59 Å². The molecule has 0 aromatic heterocycles. The quantitative estimate of drug-likeness (QED) is 0.193. The normalized spacial score (nSPS) is 11.0. The summed E-state index contributed by atoms with van der Waals surface area (Å²) in [5.41, 5.74) is 0. The van der Waals surface area contributed by atoms with Gasteiger partial charge in [0.15, 0.2) is 0 Å². The van der Waals surface area contributed by atoms with E-state index in [0.717, 1.165) is 12.8 Å². The van der Waals surface area contributed by atoms with Crippen LogP contribution in [0.4, 0.5) is 0 Å². The molecule has 0 atom stereocenters. The van der Waals surface area contributed by atoms with Crippen LogP contribution in [0.25, 0.3) is 0 Å². The van der Waals surface area contributed by atoms with Gasteiger partial charge in [-0.05, 0) is 12.8 Å². The molecule has 0 rings (SSSR count). The monoisotopic (exact) mass is 366 g/mol. The molecule has 0 aromatic carbocycles. The summed E-state index contributed by atoms with van der Waals surface area (Å²) >= 11 is 0. The Morgan fingerprint density at radius 1 is 0.385 bits per heavy atom. The summed E-state index contributed by atoms with van der Waals surface area (Å²) in [5, 5.41) is 0. The summed E-state index contributed by atoms with van der Waals surface area (Å²) in [5.74, 6) is 0.584. The van der Waals surface area contributed by atoms with Crippen LogP contribution in [0, 0.1) is 0 Å². The highest BCUT2D eigenvalue weighted by Crippen LogP contribution is 2.12. The lowest BCUT2D eigenvalue weighted by Crippen LogP contribution is -2.04. The van der Waals surface area contributed by atoms with Gasteiger partial charge in [0.05, 0.1) is 0 Å². The SMILES string of the molecule is CCCCCCCCCCC(=O)CCC(=O)CCCCCCCCCC. The largest absolute Gasteiger partial charge is 0.300 e. The lowest BCUT2D eigenvalue weighted by molar-refractivity contribution is -0.124. The average Bonchev–Trinajstić information content (AvgIpc) is 2.64. The van der Waals surface area contributed by atoms with Crippen LogP contribution in [0.2, 0.25) is 0 Å². The summed E-state index contributed by atoms with van der Waals surface area (Å²) in [6, 6.07) is 0. The smallest absolute Gasteiger partial charge is 0.133 e. The Balaban J connectivity index is 3.33. The molecule has 0 aliphatic carbocycles. The van der Waals surface area contributed by atoms with Gasteiger partial charge in [-0.3, -0.25) is 9.59 Å². The Morgan fingerprint density at radius 2 is 0.654 bits per heavy atom. The van der Waals surface area contributed by atoms with E-state index in [4.69, 9.17) is 0 Å². The van der Waals surface area contributed by atoms with Crippen molar-refractivity contribution in [3.63, 3.8) is 0 Å². The van der Waals surface area contributed by atoms with Crippen LogP contribution in [0.3, 0.4) is 0 Å². The van der Waals surface area contributed by atoms with E-state index in [1.807, 2.05) is 0 Å². The highest BCUT2D eigenvalue weighted by Gasteiger charge is 2.07. The van der Waals surface area contributed by atoms with Crippen molar-refractivity contribution in [1.29, 1.82) is 0 Å². The highest BCUT2D eigenvalue weighted by molar-refractivity contribution is 5.85. The number of rotatable bonds is 21. The van der Waals surface area contributed by atoms with Crippen LogP contribution in [-0.4, -0.2) is 11.6 Å². The van der Waals surface area contributed by atoms with E-state index in [0.29, 0.717) is 37.2 Å². The lowest BCUT2D eigenvalue weighted by Gasteiger charge is -2.03. The first-order valence-electron chi connectivity index (χ1n) is 11.7. The van der Waals surface area contributed by atoms with Gasteiger partial charge >= 0.3 is 0 Å². The number of hydrogen-bond donors (Lipinski definition) is 0. The van der Waals surface area contributed by atoms with Gasteiger partial charge in [-0.15, -0.1) is 0 Å². The molecule has 0 bridgehead atoms. The van der Waals surface area contributed by atoms with E-state index in [1.165, 1.54) is 89.9 Å². The molecule has 154 valence electrons. The van der Waals surface area contributed by atoms with Gasteiger partial charge in [-0.2, -0.15) is 0 Å². The maximum absolute atomic E-state index is 11.9. The van der Waals surface area contributed by atoms with Crippen LogP contribution in [0.1, 0.15) is 142 Å². The first kappa shape index (κ1) is 25.3. The van der Waals surface area contributed by atoms with Gasteiger partial charge in [-0.1, -0.05) is 104 Å². The van der Waals surface area contributed by atoms with E-state index in [-0.39, 0.29) is 0 Å². The minimum atomic E-state index is 0.292. The standard InChI is InChI=1S/C24H46O2/c1-3-5-7-9-11-13-15-17-19-23(25)21-22-24(26)20-18-16-14-12-10-8-6-4-2/h3-22H2,1-2H3. The molecule has 0 spiro atoms. The molecule has 0 amide bonds. The summed E-state index contributed by atoms with van der Waals surface area (Å²) in [7, 11) is 0. The Morgan fingerprint density at radius 3 is 0.962 bits per heavy atom. The Hall–Kier alpha value is -0.660. The number of carbonyl (C=O) groups excluding carboxylic acids is 2. The van der Waals surface area contributed by atoms with Gasteiger partial charge < -0.3 is 0 Å². The molecular formula is C24H46O2. The summed E-state index contributed by atoms with van der Waals surface area (Å²) in [6.45, 7) is 4.48. The van der Waals surface area contributed by atoms with Crippen molar-refractivity contribution >= 4 is 11.6 Å². The zero-order valence-electron chi connectivity index (χ0n) is 18.0. The van der Waals surface area contributed by atoms with E-state index < -0.39 is 0 Å². The fourth-order valence-electron chi connectivity index (χ4n) is 3.44. The molecule has 26 heavy (non-hydrogen) atoms. The molecule has 2 nitrogen and oxygen atoms in total. The first-order chi connectivity index (χ1) is 12.7. The van der Waals surface area contributed by atoms with Gasteiger partial charge in [0, 0.05) is 25.7 Å². The molecule has 0 heterocycles. The lowest BCUT2D eigenvalue weighted by atomic mass is 10.0. The minimum absolute atomic E-state index is 0.292. The Kier molecular flexibility index (Phi) is 20.1. The molecule has 2 heteroatoms. The number of unbranched alkanes of at least 4 members (excludes halogenated alkanes) is 14. The second-order valence-corrected chi connectivity index (χ2v) is 8.03. The minimum Gasteiger partial charge on any atom is -0.300 e. The molecule has 0 radical (unpaired) electrons. The van der Waals surface area contributed by atoms with Crippen LogP contribution in [0.15, 0.2) is 0 Å². The van der Waals surface area contributed by atoms with Gasteiger partial charge in [0.2, 0.25) is 0 Å². The molecule has 0 saturated carbocycles. The molecule has 0 aliphatic heterocycles. The zero-order valence-corrected chi connectivity index (χ0v) is 18.0. The molecule has 0 fully saturated rings. The fourth-order valence-corrected chi connectivity index (χ4v) is 3.44. The average molecular weight is 367 g/mol. The van der Waals surface area contributed by atoms with Crippen molar-refractivity contribution in [1.82, 2.24) is 0 Å². The van der Waals surface area contributed by atoms with Gasteiger partial charge in [0.25, 0.3) is 0 Å². The molecule has 0 aromatic rings. The Labute approximate surface area is 163 Å². The maximum atomic E-state index is 11.9. The predicted molar refractivity (Wildman–Crippen MR) is 114 cm³/mol. The fraction of sp³-hybridized carbons (Fsp3) is 0.917. The third-order valence-corrected chi connectivity index (χ3v) is 5.30. The van der Waals surface area contributed by atoms with E-state index in [2.05, 4.69) is 13.8 Å². The van der Waals surface area contributed by atoms with Crippen LogP contribution in [0.5, 0.6) is 0 Å². The highest BCUT2D eigenvalue weighted by atomic mass is 16.1. The number of Topliss-reactive ketones (excluding diaryl/α,β-unsaturated/α-hetero) is 2. The van der Waals surface area contributed by atoms with E-state index >= 15 is 0 Å². The zero-order chi connectivity index (χ0) is 19.3. The van der Waals surface area contributed by atoms with Crippen molar-refractivity contribution < 1.29 is 9.59 Å². The summed E-state index contributed by atoms with van der Waals surface area (Å²) in [6.07, 6.45) is 22.5. The third-order valence-electron chi connectivity index (χ3n) is 5.30. The van der Waals surface area contributed by atoms with Crippen LogP contribution in [-0.2, 0) is 9.59 Å². The second-order valence-electron chi connectivity index (χ2n) is 8.03. The molecular weight excluding hydrogens is 320 g/mol. The predicted octanol–water partition coefficient (Wildman–Crippen LogP) is 7.97. The number of hydrogen-bond acceptors (Lipinski definition) is 2. The molecule has 0 unspecified atom stereocenters. The van der Waals surface area contributed by atoms with Crippen molar-refractivity contribution in [2.45, 2.75) is 142 Å². The topological polar surface area (TPSA) is 34.1 Å². The van der Waals surface area contributed by atoms with Crippen LogP contribution < -0.4 is 0 Å². The molecule has 0 aliphatic rings. The van der Waals surface area contributed by atoms with Crippen LogP contribution >= 0.6 is 0 Å². The van der Waals surface area contributed by atoms with Crippen molar-refractivity contribution in [2.24, 2.45) is 0 Å². The van der Waals surface area contributed by atoms with E-state index in [1.54, 1.807) is 0 Å².